The Morgan fingerprint density at radius 1 is 0.762 bits per heavy atom. The van der Waals surface area contributed by atoms with Crippen molar-refractivity contribution >= 4 is 5.97 Å². The number of hydrogen-bond acceptors (Lipinski definition) is 1. The summed E-state index contributed by atoms with van der Waals surface area (Å²) in [7, 11) is 0. The van der Waals surface area contributed by atoms with Gasteiger partial charge in [0.25, 0.3) is 0 Å². The van der Waals surface area contributed by atoms with Gasteiger partial charge in [0.15, 0.2) is 0 Å². The fourth-order valence-corrected chi connectivity index (χ4v) is 2.01. The Hall–Kier alpha value is -1.31. The van der Waals surface area contributed by atoms with Crippen LogP contribution in [0.5, 0.6) is 0 Å². The highest BCUT2D eigenvalue weighted by Crippen LogP contribution is 2.04. The standard InChI is InChI=1S/C19H32O2/c1-2-3-4-5-6-7-8-9-10-11-12-13-14-15-16-17-18-19(20)21/h6-7,9-10,12-13H,2-5,8,11,14-18H2,1H3,(H,20,21)/b7-6+,10-9+,13-12-. The van der Waals surface area contributed by atoms with Crippen LogP contribution in [0.1, 0.15) is 77.6 Å². The van der Waals surface area contributed by atoms with E-state index >= 15 is 0 Å². The quantitative estimate of drug-likeness (QED) is 0.312. The van der Waals surface area contributed by atoms with Crippen LogP contribution in [0.2, 0.25) is 0 Å². The van der Waals surface area contributed by atoms with E-state index in [4.69, 9.17) is 5.11 Å². The Bertz CT molecular complexity index is 314. The molecule has 0 atom stereocenters. The first-order chi connectivity index (χ1) is 10.3. The lowest BCUT2D eigenvalue weighted by atomic mass is 10.1. The minimum atomic E-state index is -0.685. The van der Waals surface area contributed by atoms with Crippen molar-refractivity contribution in [2.45, 2.75) is 77.6 Å². The third-order valence-corrected chi connectivity index (χ3v) is 3.28. The minimum Gasteiger partial charge on any atom is -0.481 e. The Morgan fingerprint density at radius 3 is 1.81 bits per heavy atom. The van der Waals surface area contributed by atoms with E-state index in [1.807, 2.05) is 0 Å². The maximum absolute atomic E-state index is 10.3. The van der Waals surface area contributed by atoms with E-state index in [9.17, 15) is 4.79 Å². The molecule has 0 spiro atoms. The number of unbranched alkanes of at least 4 members (excludes halogenated alkanes) is 6. The molecule has 0 aliphatic rings. The van der Waals surface area contributed by atoms with Crippen LogP contribution in [-0.4, -0.2) is 11.1 Å². The van der Waals surface area contributed by atoms with Crippen LogP contribution in [0.15, 0.2) is 36.5 Å². The molecule has 1 N–H and O–H groups in total. The van der Waals surface area contributed by atoms with Crippen molar-refractivity contribution in [2.75, 3.05) is 0 Å². The maximum Gasteiger partial charge on any atom is 0.303 e. The second-order valence-electron chi connectivity index (χ2n) is 5.37. The van der Waals surface area contributed by atoms with E-state index in [2.05, 4.69) is 43.4 Å². The lowest BCUT2D eigenvalue weighted by Crippen LogP contribution is -1.93. The number of carboxylic acid groups (broad SMARTS) is 1. The number of rotatable bonds is 14. The van der Waals surface area contributed by atoms with Crippen molar-refractivity contribution in [1.82, 2.24) is 0 Å². The van der Waals surface area contributed by atoms with Crippen LogP contribution in [0, 0.1) is 0 Å². The molecule has 0 amide bonds. The van der Waals surface area contributed by atoms with Crippen molar-refractivity contribution in [3.05, 3.63) is 36.5 Å². The van der Waals surface area contributed by atoms with E-state index in [1.54, 1.807) is 0 Å². The van der Waals surface area contributed by atoms with Gasteiger partial charge in [0.1, 0.15) is 0 Å². The third-order valence-electron chi connectivity index (χ3n) is 3.28. The molecule has 0 saturated carbocycles. The summed E-state index contributed by atoms with van der Waals surface area (Å²) in [6.45, 7) is 2.23. The van der Waals surface area contributed by atoms with Gasteiger partial charge in [-0.1, -0.05) is 62.6 Å². The van der Waals surface area contributed by atoms with Gasteiger partial charge in [-0.25, -0.2) is 0 Å². The van der Waals surface area contributed by atoms with Crippen molar-refractivity contribution < 1.29 is 9.90 Å². The van der Waals surface area contributed by atoms with E-state index in [1.165, 1.54) is 25.7 Å². The first kappa shape index (κ1) is 19.7. The molecule has 2 heteroatoms. The fraction of sp³-hybridized carbons (Fsp3) is 0.632. The third kappa shape index (κ3) is 18.7. The van der Waals surface area contributed by atoms with Crippen molar-refractivity contribution in [1.29, 1.82) is 0 Å². The zero-order chi connectivity index (χ0) is 15.6. The second-order valence-corrected chi connectivity index (χ2v) is 5.37. The lowest BCUT2D eigenvalue weighted by Gasteiger charge is -1.94. The highest BCUT2D eigenvalue weighted by Gasteiger charge is 1.94. The Morgan fingerprint density at radius 2 is 1.29 bits per heavy atom. The molecule has 0 aromatic rings. The predicted molar refractivity (Wildman–Crippen MR) is 91.5 cm³/mol. The first-order valence-electron chi connectivity index (χ1n) is 8.44. The summed E-state index contributed by atoms with van der Waals surface area (Å²) in [6, 6.07) is 0. The minimum absolute atomic E-state index is 0.304. The second kappa shape index (κ2) is 16.7. The van der Waals surface area contributed by atoms with Gasteiger partial charge in [-0.3, -0.25) is 4.79 Å². The molecular formula is C19H32O2. The summed E-state index contributed by atoms with van der Waals surface area (Å²) in [5.74, 6) is -0.685. The van der Waals surface area contributed by atoms with Gasteiger partial charge in [0, 0.05) is 6.42 Å². The Kier molecular flexibility index (Phi) is 15.7. The van der Waals surface area contributed by atoms with E-state index in [-0.39, 0.29) is 0 Å². The van der Waals surface area contributed by atoms with Crippen LogP contribution in [0.25, 0.3) is 0 Å². The molecule has 0 radical (unpaired) electrons. The number of carbonyl (C=O) groups is 1. The molecule has 0 bridgehead atoms. The van der Waals surface area contributed by atoms with Gasteiger partial charge >= 0.3 is 5.97 Å². The van der Waals surface area contributed by atoms with Crippen LogP contribution in [0.3, 0.4) is 0 Å². The van der Waals surface area contributed by atoms with Crippen LogP contribution in [0.4, 0.5) is 0 Å². The molecule has 0 rings (SSSR count). The van der Waals surface area contributed by atoms with Gasteiger partial charge < -0.3 is 5.11 Å². The molecular weight excluding hydrogens is 260 g/mol. The van der Waals surface area contributed by atoms with Gasteiger partial charge in [0.2, 0.25) is 0 Å². The molecule has 120 valence electrons. The monoisotopic (exact) mass is 292 g/mol. The van der Waals surface area contributed by atoms with Crippen LogP contribution in [-0.2, 0) is 4.79 Å². The topological polar surface area (TPSA) is 37.3 Å². The highest BCUT2D eigenvalue weighted by atomic mass is 16.4. The zero-order valence-electron chi connectivity index (χ0n) is 13.6. The average molecular weight is 292 g/mol. The normalized spacial score (nSPS) is 12.0. The molecule has 0 aliphatic heterocycles. The summed E-state index contributed by atoms with van der Waals surface area (Å²) < 4.78 is 0. The summed E-state index contributed by atoms with van der Waals surface area (Å²) in [5.41, 5.74) is 0. The molecule has 21 heavy (non-hydrogen) atoms. The van der Waals surface area contributed by atoms with Crippen LogP contribution >= 0.6 is 0 Å². The van der Waals surface area contributed by atoms with E-state index < -0.39 is 5.97 Å². The van der Waals surface area contributed by atoms with Gasteiger partial charge in [-0.05, 0) is 44.9 Å². The Labute approximate surface area is 130 Å². The van der Waals surface area contributed by atoms with Gasteiger partial charge in [0.05, 0.1) is 0 Å². The molecule has 0 fully saturated rings. The van der Waals surface area contributed by atoms with Crippen molar-refractivity contribution in [2.24, 2.45) is 0 Å². The van der Waals surface area contributed by atoms with Crippen LogP contribution < -0.4 is 0 Å². The lowest BCUT2D eigenvalue weighted by molar-refractivity contribution is -0.137. The largest absolute Gasteiger partial charge is 0.481 e. The average Bonchev–Trinajstić information content (AvgIpc) is 2.46. The first-order valence-corrected chi connectivity index (χ1v) is 8.44. The Balaban J connectivity index is 3.30. The molecule has 0 saturated heterocycles. The SMILES string of the molecule is CCCCC/C=C/C/C=C/C/C=C\CCCCCC(=O)O. The van der Waals surface area contributed by atoms with Gasteiger partial charge in [-0.2, -0.15) is 0 Å². The molecule has 0 aliphatic carbocycles. The van der Waals surface area contributed by atoms with Crippen molar-refractivity contribution in [3.8, 4) is 0 Å². The molecule has 0 aromatic heterocycles. The summed E-state index contributed by atoms with van der Waals surface area (Å²) >= 11 is 0. The smallest absolute Gasteiger partial charge is 0.303 e. The maximum atomic E-state index is 10.3. The molecule has 0 unspecified atom stereocenters. The summed E-state index contributed by atoms with van der Waals surface area (Å²) in [6.07, 6.45) is 24.8. The summed E-state index contributed by atoms with van der Waals surface area (Å²) in [4.78, 5) is 10.3. The molecule has 2 nitrogen and oxygen atoms in total. The number of allylic oxidation sites excluding steroid dienone is 6. The van der Waals surface area contributed by atoms with Gasteiger partial charge in [-0.15, -0.1) is 0 Å². The number of carboxylic acids is 1. The van der Waals surface area contributed by atoms with E-state index in [0.29, 0.717) is 6.42 Å². The molecule has 0 aromatic carbocycles. The number of aliphatic carboxylic acids is 1. The predicted octanol–water partition coefficient (Wildman–Crippen LogP) is 6.05. The van der Waals surface area contributed by atoms with E-state index in [0.717, 1.165) is 38.5 Å². The number of hydrogen-bond donors (Lipinski definition) is 1. The fourth-order valence-electron chi connectivity index (χ4n) is 2.01. The highest BCUT2D eigenvalue weighted by molar-refractivity contribution is 5.66. The zero-order valence-corrected chi connectivity index (χ0v) is 13.6. The molecule has 0 heterocycles. The summed E-state index contributed by atoms with van der Waals surface area (Å²) in [5, 5.41) is 8.50. The van der Waals surface area contributed by atoms with Crippen molar-refractivity contribution in [3.63, 3.8) is 0 Å².